The first-order valence-corrected chi connectivity index (χ1v) is 20.8. The monoisotopic (exact) mass is 804 g/mol. The van der Waals surface area contributed by atoms with Crippen LogP contribution in [0.1, 0.15) is 43.2 Å². The molecule has 0 bridgehead atoms. The Balaban J connectivity index is 1.27. The summed E-state index contributed by atoms with van der Waals surface area (Å²) in [6.45, 7) is 0. The number of methoxy groups -OCH3 is 2. The third-order valence-corrected chi connectivity index (χ3v) is 13.3. The predicted octanol–water partition coefficient (Wildman–Crippen LogP) is 11.1. The minimum atomic E-state index is -1.95. The third kappa shape index (κ3) is 6.13. The number of fused-ring (bicyclic) bond motifs is 6. The van der Waals surface area contributed by atoms with Gasteiger partial charge in [-0.1, -0.05) is 84.9 Å². The lowest BCUT2D eigenvalue weighted by atomic mass is 9.89. The molecule has 4 heterocycles. The minimum Gasteiger partial charge on any atom is -0.465 e. The number of benzene rings is 6. The Morgan fingerprint density at radius 1 is 0.534 bits per heavy atom. The number of para-hydroxylation sites is 2. The average molecular weight is 805 g/mol. The van der Waals surface area contributed by atoms with Crippen molar-refractivity contribution in [3.05, 3.63) is 179 Å². The first-order chi connectivity index (χ1) is 28.5. The molecule has 0 N–H and O–H groups in total. The standard InChI is InChI=1S/C46H34N2O8P2/c1-51-45(49)37-27-29-13-3-7-19-35(29)41(43(37)55-57-47-23-11-17-33(47)25-31-15-5-9-21-39(31)53-57)42-36-20-8-4-14-30(36)28-38(46(50)52-2)44(42)56-58-48-24-12-18-34(48)26-32-16-6-10-22-40(32)54-58/h3-24,27-28H,25-26H2,1-2H3. The van der Waals surface area contributed by atoms with E-state index in [1.807, 2.05) is 142 Å². The van der Waals surface area contributed by atoms with Crippen molar-refractivity contribution in [2.24, 2.45) is 0 Å². The summed E-state index contributed by atoms with van der Waals surface area (Å²) in [5, 5.41) is 2.95. The van der Waals surface area contributed by atoms with Crippen LogP contribution in [-0.2, 0) is 22.3 Å². The molecular weight excluding hydrogens is 770 g/mol. The van der Waals surface area contributed by atoms with Crippen molar-refractivity contribution in [2.75, 3.05) is 14.2 Å². The third-order valence-electron chi connectivity index (χ3n) is 10.4. The van der Waals surface area contributed by atoms with Crippen molar-refractivity contribution in [3.8, 4) is 34.1 Å². The number of carbonyl (C=O) groups is 2. The van der Waals surface area contributed by atoms with Crippen LogP contribution < -0.4 is 18.1 Å². The highest BCUT2D eigenvalue weighted by atomic mass is 31.2. The van der Waals surface area contributed by atoms with Gasteiger partial charge in [-0.05, 0) is 70.1 Å². The summed E-state index contributed by atoms with van der Waals surface area (Å²) in [4.78, 5) is 28.1. The molecule has 2 aromatic heterocycles. The van der Waals surface area contributed by atoms with Crippen LogP contribution in [0.15, 0.2) is 146 Å². The molecule has 0 amide bonds. The SMILES string of the molecule is COC(=O)c1cc2ccccc2c(-c2c(OP3Oc4ccccc4Cc4cccn43)c(C(=O)OC)cc3ccccc23)c1OP1Oc2ccccc2Cc2cccn21. The van der Waals surface area contributed by atoms with Crippen LogP contribution in [0.4, 0.5) is 0 Å². The maximum absolute atomic E-state index is 14.0. The van der Waals surface area contributed by atoms with E-state index in [0.29, 0.717) is 35.5 Å². The molecule has 8 aromatic rings. The van der Waals surface area contributed by atoms with Crippen molar-refractivity contribution in [1.29, 1.82) is 0 Å². The second-order valence-corrected chi connectivity index (χ2v) is 16.3. The van der Waals surface area contributed by atoms with Crippen LogP contribution in [0.2, 0.25) is 0 Å². The summed E-state index contributed by atoms with van der Waals surface area (Å²) in [6, 6.07) is 42.7. The lowest BCUT2D eigenvalue weighted by molar-refractivity contribution is 0.0589. The number of carbonyl (C=O) groups excluding carboxylic acids is 2. The Labute approximate surface area is 336 Å². The highest BCUT2D eigenvalue weighted by Crippen LogP contribution is 2.57. The van der Waals surface area contributed by atoms with E-state index in [-0.39, 0.29) is 22.6 Å². The number of nitrogens with zero attached hydrogens (tertiary/aromatic N) is 2. The average Bonchev–Trinajstić information content (AvgIpc) is 3.86. The number of esters is 2. The zero-order chi connectivity index (χ0) is 39.3. The van der Waals surface area contributed by atoms with Crippen LogP contribution >= 0.6 is 17.1 Å². The molecule has 6 aromatic carbocycles. The molecule has 0 radical (unpaired) electrons. The molecule has 10 nitrogen and oxygen atoms in total. The van der Waals surface area contributed by atoms with Gasteiger partial charge in [0.05, 0.1) is 14.2 Å². The topological polar surface area (TPSA) is 99.4 Å². The Morgan fingerprint density at radius 3 is 1.40 bits per heavy atom. The van der Waals surface area contributed by atoms with E-state index >= 15 is 0 Å². The van der Waals surface area contributed by atoms with Crippen molar-refractivity contribution < 1.29 is 37.2 Å². The van der Waals surface area contributed by atoms with Crippen LogP contribution in [0.5, 0.6) is 23.0 Å². The Hall–Kier alpha value is -6.60. The van der Waals surface area contributed by atoms with Gasteiger partial charge in [-0.2, -0.15) is 0 Å². The van der Waals surface area contributed by atoms with Gasteiger partial charge in [0.15, 0.2) is 11.5 Å². The molecule has 2 unspecified atom stereocenters. The maximum atomic E-state index is 14.0. The molecule has 0 fully saturated rings. The summed E-state index contributed by atoms with van der Waals surface area (Å²) in [7, 11) is -1.21. The molecule has 0 saturated carbocycles. The van der Waals surface area contributed by atoms with Gasteiger partial charge in [0.1, 0.15) is 22.6 Å². The highest BCUT2D eigenvalue weighted by molar-refractivity contribution is 7.46. The molecule has 0 saturated heterocycles. The fraction of sp³-hybridized carbons (Fsp3) is 0.0870. The maximum Gasteiger partial charge on any atom is 0.421 e. The Morgan fingerprint density at radius 2 is 0.948 bits per heavy atom. The molecule has 10 rings (SSSR count). The summed E-state index contributed by atoms with van der Waals surface area (Å²) in [5.74, 6) is 0.542. The summed E-state index contributed by atoms with van der Waals surface area (Å²) in [5.41, 5.74) is 5.33. The molecule has 0 spiro atoms. The normalized spacial score (nSPS) is 15.3. The zero-order valence-electron chi connectivity index (χ0n) is 31.3. The van der Waals surface area contributed by atoms with Crippen molar-refractivity contribution >= 4 is 50.5 Å². The van der Waals surface area contributed by atoms with Crippen LogP contribution in [0, 0.1) is 0 Å². The van der Waals surface area contributed by atoms with Crippen LogP contribution in [-0.4, -0.2) is 34.8 Å². The van der Waals surface area contributed by atoms with E-state index in [1.165, 1.54) is 14.2 Å². The van der Waals surface area contributed by atoms with Gasteiger partial charge in [0.2, 0.25) is 0 Å². The first kappa shape index (κ1) is 35.8. The number of aromatic nitrogens is 2. The Bertz CT molecular complexity index is 2720. The summed E-state index contributed by atoms with van der Waals surface area (Å²) in [6.07, 6.45) is 5.09. The van der Waals surface area contributed by atoms with Gasteiger partial charge in [-0.3, -0.25) is 8.68 Å². The number of rotatable bonds is 7. The summed E-state index contributed by atoms with van der Waals surface area (Å²) >= 11 is 0. The van der Waals surface area contributed by atoms with Crippen molar-refractivity contribution in [3.63, 3.8) is 0 Å². The van der Waals surface area contributed by atoms with Gasteiger partial charge in [0, 0.05) is 58.9 Å². The highest BCUT2D eigenvalue weighted by Gasteiger charge is 2.36. The molecule has 2 aliphatic rings. The smallest absolute Gasteiger partial charge is 0.421 e. The quantitative estimate of drug-likeness (QED) is 0.116. The van der Waals surface area contributed by atoms with Gasteiger partial charge < -0.3 is 27.6 Å². The summed E-state index contributed by atoms with van der Waals surface area (Å²) < 4.78 is 42.7. The van der Waals surface area contributed by atoms with E-state index in [1.54, 1.807) is 12.1 Å². The molecule has 58 heavy (non-hydrogen) atoms. The predicted molar refractivity (Wildman–Crippen MR) is 224 cm³/mol. The second kappa shape index (κ2) is 14.7. The van der Waals surface area contributed by atoms with Gasteiger partial charge in [0.25, 0.3) is 0 Å². The molecule has 2 atom stereocenters. The van der Waals surface area contributed by atoms with Gasteiger partial charge in [-0.25, -0.2) is 9.59 Å². The number of hydrogen-bond donors (Lipinski definition) is 0. The van der Waals surface area contributed by atoms with Gasteiger partial charge in [-0.15, -0.1) is 0 Å². The lowest BCUT2D eigenvalue weighted by Crippen LogP contribution is -2.12. The fourth-order valence-corrected chi connectivity index (χ4v) is 10.6. The largest absolute Gasteiger partial charge is 0.465 e. The minimum absolute atomic E-state index is 0.171. The zero-order valence-corrected chi connectivity index (χ0v) is 33.1. The van der Waals surface area contributed by atoms with E-state index in [9.17, 15) is 9.59 Å². The van der Waals surface area contributed by atoms with Crippen LogP contribution in [0.3, 0.4) is 0 Å². The molecule has 286 valence electrons. The molecule has 12 heteroatoms. The van der Waals surface area contributed by atoms with Gasteiger partial charge >= 0.3 is 29.0 Å². The van der Waals surface area contributed by atoms with Crippen LogP contribution in [0.25, 0.3) is 32.7 Å². The molecular formula is C46H34N2O8P2. The first-order valence-electron chi connectivity index (χ1n) is 18.6. The Kier molecular flexibility index (Phi) is 9.08. The van der Waals surface area contributed by atoms with Crippen molar-refractivity contribution in [1.82, 2.24) is 8.68 Å². The van der Waals surface area contributed by atoms with E-state index in [2.05, 4.69) is 0 Å². The molecule has 2 aliphatic heterocycles. The van der Waals surface area contributed by atoms with E-state index < -0.39 is 29.0 Å². The number of hydrogen-bond acceptors (Lipinski definition) is 8. The molecule has 0 aliphatic carbocycles. The van der Waals surface area contributed by atoms with E-state index in [4.69, 9.17) is 27.6 Å². The van der Waals surface area contributed by atoms with Crippen molar-refractivity contribution in [2.45, 2.75) is 12.8 Å². The van der Waals surface area contributed by atoms with E-state index in [0.717, 1.165) is 44.1 Å². The lowest BCUT2D eigenvalue weighted by Gasteiger charge is -2.26. The number of ether oxygens (including phenoxy) is 2. The fourth-order valence-electron chi connectivity index (χ4n) is 7.69. The second-order valence-electron chi connectivity index (χ2n) is 13.8.